The predicted molar refractivity (Wildman–Crippen MR) is 84.9 cm³/mol. The van der Waals surface area contributed by atoms with Crippen LogP contribution < -0.4 is 5.32 Å². The lowest BCUT2D eigenvalue weighted by molar-refractivity contribution is -0.118. The van der Waals surface area contributed by atoms with E-state index in [9.17, 15) is 9.59 Å². The minimum atomic E-state index is -0.393. The number of rotatable bonds is 4. The molecule has 0 unspecified atom stereocenters. The van der Waals surface area contributed by atoms with E-state index < -0.39 is 5.91 Å². The summed E-state index contributed by atoms with van der Waals surface area (Å²) >= 11 is 0. The Labute approximate surface area is 124 Å². The highest BCUT2D eigenvalue weighted by Gasteiger charge is 2.14. The van der Waals surface area contributed by atoms with Crippen LogP contribution in [0.2, 0.25) is 0 Å². The van der Waals surface area contributed by atoms with Gasteiger partial charge in [0.15, 0.2) is 5.78 Å². The maximum atomic E-state index is 12.2. The average Bonchev–Trinajstić information content (AvgIpc) is 2.48. The van der Waals surface area contributed by atoms with Crippen molar-refractivity contribution >= 4 is 23.5 Å². The van der Waals surface area contributed by atoms with Crippen LogP contribution >= 0.6 is 0 Å². The molecule has 106 valence electrons. The van der Waals surface area contributed by atoms with E-state index in [-0.39, 0.29) is 11.4 Å². The number of hydrogen-bond acceptors (Lipinski definition) is 2. The van der Waals surface area contributed by atoms with Gasteiger partial charge in [-0.05, 0) is 37.6 Å². The molecule has 0 aromatic heterocycles. The molecule has 0 spiro atoms. The van der Waals surface area contributed by atoms with Crippen LogP contribution in [0, 0.1) is 6.92 Å². The summed E-state index contributed by atoms with van der Waals surface area (Å²) in [6, 6.07) is 16.7. The molecule has 0 heterocycles. The van der Waals surface area contributed by atoms with E-state index in [0.29, 0.717) is 5.69 Å². The first-order valence-electron chi connectivity index (χ1n) is 6.72. The minimum absolute atomic E-state index is 0.141. The first-order chi connectivity index (χ1) is 10.1. The molecule has 3 heteroatoms. The normalized spacial score (nSPS) is 11.0. The Kier molecular flexibility index (Phi) is 4.67. The molecule has 0 aliphatic rings. The van der Waals surface area contributed by atoms with Crippen LogP contribution in [0.4, 0.5) is 5.69 Å². The topological polar surface area (TPSA) is 46.2 Å². The van der Waals surface area contributed by atoms with E-state index in [2.05, 4.69) is 5.32 Å². The smallest absolute Gasteiger partial charge is 0.259 e. The number of amides is 1. The second-order valence-corrected chi connectivity index (χ2v) is 4.85. The SMILES string of the molecule is CC(=O)C(=Cc1ccccc1)C(=O)Nc1ccc(C)cc1. The zero-order valence-corrected chi connectivity index (χ0v) is 12.1. The second kappa shape index (κ2) is 6.66. The summed E-state index contributed by atoms with van der Waals surface area (Å²) in [5.41, 5.74) is 2.74. The number of anilines is 1. The standard InChI is InChI=1S/C18H17NO2/c1-13-8-10-16(11-9-13)19-18(21)17(14(2)20)12-15-6-4-3-5-7-15/h3-12H,1-2H3,(H,19,21). The number of nitrogens with one attached hydrogen (secondary N) is 1. The molecule has 0 fully saturated rings. The number of ketones is 1. The van der Waals surface area contributed by atoms with Gasteiger partial charge >= 0.3 is 0 Å². The summed E-state index contributed by atoms with van der Waals surface area (Å²) in [5.74, 6) is -0.654. The zero-order valence-electron chi connectivity index (χ0n) is 12.1. The maximum Gasteiger partial charge on any atom is 0.259 e. The molecule has 0 atom stereocenters. The van der Waals surface area contributed by atoms with Crippen LogP contribution in [0.5, 0.6) is 0 Å². The summed E-state index contributed by atoms with van der Waals surface area (Å²) < 4.78 is 0. The van der Waals surface area contributed by atoms with Crippen LogP contribution in [0.1, 0.15) is 18.1 Å². The first kappa shape index (κ1) is 14.7. The Hall–Kier alpha value is -2.68. The van der Waals surface area contributed by atoms with Crippen LogP contribution in [0.25, 0.3) is 6.08 Å². The Bertz CT molecular complexity index is 670. The van der Waals surface area contributed by atoms with E-state index >= 15 is 0 Å². The molecule has 0 bridgehead atoms. The predicted octanol–water partition coefficient (Wildman–Crippen LogP) is 3.61. The fourth-order valence-electron chi connectivity index (χ4n) is 1.88. The fraction of sp³-hybridized carbons (Fsp3) is 0.111. The molecule has 0 aliphatic heterocycles. The third-order valence-electron chi connectivity index (χ3n) is 3.04. The summed E-state index contributed by atoms with van der Waals surface area (Å²) in [6.07, 6.45) is 1.60. The maximum absolute atomic E-state index is 12.2. The van der Waals surface area contributed by atoms with E-state index in [1.54, 1.807) is 6.08 Å². The zero-order chi connectivity index (χ0) is 15.2. The molecule has 0 saturated heterocycles. The van der Waals surface area contributed by atoms with E-state index in [1.807, 2.05) is 61.5 Å². The highest BCUT2D eigenvalue weighted by atomic mass is 16.2. The van der Waals surface area contributed by atoms with Gasteiger partial charge < -0.3 is 5.32 Å². The summed E-state index contributed by atoms with van der Waals surface area (Å²) in [4.78, 5) is 23.9. The number of carbonyl (C=O) groups excluding carboxylic acids is 2. The molecule has 0 aliphatic carbocycles. The molecule has 0 saturated carbocycles. The highest BCUT2D eigenvalue weighted by Crippen LogP contribution is 2.13. The van der Waals surface area contributed by atoms with Crippen molar-refractivity contribution < 1.29 is 9.59 Å². The van der Waals surface area contributed by atoms with Crippen molar-refractivity contribution in [3.05, 3.63) is 71.3 Å². The van der Waals surface area contributed by atoms with Gasteiger partial charge in [-0.1, -0.05) is 48.0 Å². The van der Waals surface area contributed by atoms with Crippen molar-refractivity contribution in [2.24, 2.45) is 0 Å². The van der Waals surface area contributed by atoms with Crippen LogP contribution in [-0.4, -0.2) is 11.7 Å². The molecule has 3 nitrogen and oxygen atoms in total. The van der Waals surface area contributed by atoms with Crippen molar-refractivity contribution in [1.29, 1.82) is 0 Å². The van der Waals surface area contributed by atoms with E-state index in [1.165, 1.54) is 6.92 Å². The van der Waals surface area contributed by atoms with Crippen molar-refractivity contribution in [2.75, 3.05) is 5.32 Å². The first-order valence-corrected chi connectivity index (χ1v) is 6.72. The number of carbonyl (C=O) groups is 2. The fourth-order valence-corrected chi connectivity index (χ4v) is 1.88. The van der Waals surface area contributed by atoms with Gasteiger partial charge in [-0.2, -0.15) is 0 Å². The highest BCUT2D eigenvalue weighted by molar-refractivity contribution is 6.25. The van der Waals surface area contributed by atoms with Gasteiger partial charge in [0.25, 0.3) is 5.91 Å². The molecular formula is C18H17NO2. The lowest BCUT2D eigenvalue weighted by Crippen LogP contribution is -2.18. The van der Waals surface area contributed by atoms with Crippen molar-refractivity contribution in [2.45, 2.75) is 13.8 Å². The van der Waals surface area contributed by atoms with E-state index in [4.69, 9.17) is 0 Å². The monoisotopic (exact) mass is 279 g/mol. The number of Topliss-reactive ketones (excluding diaryl/α,β-unsaturated/α-hetero) is 1. The van der Waals surface area contributed by atoms with Gasteiger partial charge in [0.1, 0.15) is 0 Å². The van der Waals surface area contributed by atoms with Crippen LogP contribution in [0.15, 0.2) is 60.2 Å². The van der Waals surface area contributed by atoms with Crippen LogP contribution in [0.3, 0.4) is 0 Å². The quantitative estimate of drug-likeness (QED) is 0.528. The molecule has 1 amide bonds. The lowest BCUT2D eigenvalue weighted by Gasteiger charge is -2.07. The minimum Gasteiger partial charge on any atom is -0.322 e. The van der Waals surface area contributed by atoms with Gasteiger partial charge in [0, 0.05) is 5.69 Å². The van der Waals surface area contributed by atoms with Crippen LogP contribution in [-0.2, 0) is 9.59 Å². The molecule has 21 heavy (non-hydrogen) atoms. The molecule has 2 rings (SSSR count). The Morgan fingerprint density at radius 3 is 2.14 bits per heavy atom. The lowest BCUT2D eigenvalue weighted by atomic mass is 10.1. The Morgan fingerprint density at radius 2 is 1.57 bits per heavy atom. The van der Waals surface area contributed by atoms with Crippen molar-refractivity contribution in [1.82, 2.24) is 0 Å². The summed E-state index contributed by atoms with van der Waals surface area (Å²) in [5, 5.41) is 2.74. The largest absolute Gasteiger partial charge is 0.322 e. The molecular weight excluding hydrogens is 262 g/mol. The van der Waals surface area contributed by atoms with Gasteiger partial charge in [-0.3, -0.25) is 9.59 Å². The molecule has 2 aromatic rings. The molecule has 2 aromatic carbocycles. The summed E-state index contributed by atoms with van der Waals surface area (Å²) in [7, 11) is 0. The van der Waals surface area contributed by atoms with Gasteiger partial charge in [0.05, 0.1) is 5.57 Å². The third-order valence-corrected chi connectivity index (χ3v) is 3.04. The summed E-state index contributed by atoms with van der Waals surface area (Å²) in [6.45, 7) is 3.37. The van der Waals surface area contributed by atoms with E-state index in [0.717, 1.165) is 11.1 Å². The number of aryl methyl sites for hydroxylation is 1. The Balaban J connectivity index is 2.22. The molecule has 0 radical (unpaired) electrons. The van der Waals surface area contributed by atoms with Gasteiger partial charge in [-0.25, -0.2) is 0 Å². The van der Waals surface area contributed by atoms with Gasteiger partial charge in [-0.15, -0.1) is 0 Å². The average molecular weight is 279 g/mol. The van der Waals surface area contributed by atoms with Gasteiger partial charge in [0.2, 0.25) is 0 Å². The van der Waals surface area contributed by atoms with Crippen molar-refractivity contribution in [3.8, 4) is 0 Å². The molecule has 1 N–H and O–H groups in total. The number of benzene rings is 2. The number of hydrogen-bond donors (Lipinski definition) is 1. The third kappa shape index (κ3) is 4.14. The second-order valence-electron chi connectivity index (χ2n) is 4.85. The van der Waals surface area contributed by atoms with Crippen molar-refractivity contribution in [3.63, 3.8) is 0 Å². The Morgan fingerprint density at radius 1 is 0.952 bits per heavy atom.